The minimum Gasteiger partial charge on any atom is -0.288 e. The molecule has 0 aromatic heterocycles. The van der Waals surface area contributed by atoms with Gasteiger partial charge in [0.05, 0.1) is 6.54 Å². The summed E-state index contributed by atoms with van der Waals surface area (Å²) in [5.74, 6) is 0. The molecule has 112 valence electrons. The van der Waals surface area contributed by atoms with E-state index in [1.54, 1.807) is 0 Å². The molecule has 0 bridgehead atoms. The minimum atomic E-state index is 0.734. The summed E-state index contributed by atoms with van der Waals surface area (Å²) in [6, 6.07) is 6.79. The summed E-state index contributed by atoms with van der Waals surface area (Å²) in [6.45, 7) is 15.0. The number of benzene rings is 1. The Balaban J connectivity index is 2.58. The third kappa shape index (κ3) is 6.89. The highest BCUT2D eigenvalue weighted by Gasteiger charge is 1.98. The van der Waals surface area contributed by atoms with Gasteiger partial charge < -0.3 is 0 Å². The standard InChI is InChI=1S/C20H27N/c1-6-18-12-19(7-2)14-20(13-18)15-21-10-8-9-17(5)11-16(3)4/h8-10,12-14H,3,5-7,11,15H2,1-2,4H3/b9-8-,21-10+. The van der Waals surface area contributed by atoms with E-state index in [0.29, 0.717) is 0 Å². The first-order chi connectivity index (χ1) is 10.0. The van der Waals surface area contributed by atoms with Gasteiger partial charge in [-0.1, -0.05) is 62.4 Å². The number of aryl methyl sites for hydroxylation is 2. The quantitative estimate of drug-likeness (QED) is 0.341. The van der Waals surface area contributed by atoms with Gasteiger partial charge in [-0.05, 0) is 49.0 Å². The van der Waals surface area contributed by atoms with E-state index in [1.165, 1.54) is 16.7 Å². The van der Waals surface area contributed by atoms with Gasteiger partial charge >= 0.3 is 0 Å². The second-order valence-electron chi connectivity index (χ2n) is 5.51. The molecule has 1 aromatic carbocycles. The second-order valence-corrected chi connectivity index (χ2v) is 5.51. The number of rotatable bonds is 8. The van der Waals surface area contributed by atoms with Crippen LogP contribution in [0, 0.1) is 0 Å². The molecule has 0 amide bonds. The van der Waals surface area contributed by atoms with Crippen molar-refractivity contribution in [2.45, 2.75) is 46.6 Å². The second kappa shape index (κ2) is 9.12. The molecule has 1 aromatic rings. The van der Waals surface area contributed by atoms with Gasteiger partial charge in [-0.25, -0.2) is 0 Å². The van der Waals surface area contributed by atoms with E-state index in [2.05, 4.69) is 50.2 Å². The zero-order valence-electron chi connectivity index (χ0n) is 13.7. The van der Waals surface area contributed by atoms with Crippen LogP contribution in [0.15, 0.2) is 59.6 Å². The average molecular weight is 281 g/mol. The Morgan fingerprint density at radius 2 is 1.62 bits per heavy atom. The summed E-state index contributed by atoms with van der Waals surface area (Å²) in [4.78, 5) is 4.47. The molecule has 1 rings (SSSR count). The predicted octanol–water partition coefficient (Wildman–Crippen LogP) is 5.46. The van der Waals surface area contributed by atoms with Crippen LogP contribution in [0.4, 0.5) is 0 Å². The maximum Gasteiger partial charge on any atom is 0.0639 e. The molecule has 1 nitrogen and oxygen atoms in total. The zero-order valence-corrected chi connectivity index (χ0v) is 13.7. The fourth-order valence-electron chi connectivity index (χ4n) is 2.18. The molecule has 0 fully saturated rings. The first-order valence-electron chi connectivity index (χ1n) is 7.65. The van der Waals surface area contributed by atoms with Crippen molar-refractivity contribution in [1.82, 2.24) is 0 Å². The van der Waals surface area contributed by atoms with E-state index in [0.717, 1.165) is 37.0 Å². The fourth-order valence-corrected chi connectivity index (χ4v) is 2.18. The van der Waals surface area contributed by atoms with Crippen molar-refractivity contribution in [2.24, 2.45) is 4.99 Å². The van der Waals surface area contributed by atoms with Crippen LogP contribution in [-0.2, 0) is 19.4 Å². The average Bonchev–Trinajstić information content (AvgIpc) is 2.45. The molecule has 0 unspecified atom stereocenters. The summed E-state index contributed by atoms with van der Waals surface area (Å²) >= 11 is 0. The lowest BCUT2D eigenvalue weighted by atomic mass is 10.0. The maximum absolute atomic E-state index is 4.47. The van der Waals surface area contributed by atoms with Gasteiger partial charge in [-0.2, -0.15) is 0 Å². The Morgan fingerprint density at radius 3 is 2.14 bits per heavy atom. The largest absolute Gasteiger partial charge is 0.288 e. The highest BCUT2D eigenvalue weighted by atomic mass is 14.7. The number of hydrogen-bond acceptors (Lipinski definition) is 1. The topological polar surface area (TPSA) is 12.4 Å². The van der Waals surface area contributed by atoms with E-state index in [1.807, 2.05) is 25.3 Å². The Kier molecular flexibility index (Phi) is 7.45. The van der Waals surface area contributed by atoms with Crippen molar-refractivity contribution in [3.8, 4) is 0 Å². The molecule has 0 aliphatic carbocycles. The third-order valence-electron chi connectivity index (χ3n) is 3.25. The van der Waals surface area contributed by atoms with Crippen molar-refractivity contribution in [2.75, 3.05) is 0 Å². The van der Waals surface area contributed by atoms with E-state index in [-0.39, 0.29) is 0 Å². The highest BCUT2D eigenvalue weighted by Crippen LogP contribution is 2.13. The maximum atomic E-state index is 4.47. The first-order valence-corrected chi connectivity index (χ1v) is 7.65. The molecule has 0 saturated heterocycles. The lowest BCUT2D eigenvalue weighted by molar-refractivity contribution is 1.02. The highest BCUT2D eigenvalue weighted by molar-refractivity contribution is 5.71. The summed E-state index contributed by atoms with van der Waals surface area (Å²) < 4.78 is 0. The molecule has 0 aliphatic rings. The van der Waals surface area contributed by atoms with Crippen LogP contribution in [0.25, 0.3) is 0 Å². The molecule has 0 heterocycles. The van der Waals surface area contributed by atoms with Crippen molar-refractivity contribution >= 4 is 6.21 Å². The molecule has 0 spiro atoms. The number of nitrogens with zero attached hydrogens (tertiary/aromatic N) is 1. The van der Waals surface area contributed by atoms with Crippen molar-refractivity contribution < 1.29 is 0 Å². The number of hydrogen-bond donors (Lipinski definition) is 0. The van der Waals surface area contributed by atoms with Gasteiger partial charge in [0, 0.05) is 6.21 Å². The van der Waals surface area contributed by atoms with Crippen LogP contribution in [0.1, 0.15) is 43.9 Å². The van der Waals surface area contributed by atoms with Crippen LogP contribution in [-0.4, -0.2) is 6.21 Å². The van der Waals surface area contributed by atoms with Crippen LogP contribution in [0.3, 0.4) is 0 Å². The lowest BCUT2D eigenvalue weighted by Crippen LogP contribution is -1.91. The van der Waals surface area contributed by atoms with Crippen LogP contribution in [0.2, 0.25) is 0 Å². The normalized spacial score (nSPS) is 11.4. The fraction of sp³-hybridized carbons (Fsp3) is 0.350. The van der Waals surface area contributed by atoms with Crippen LogP contribution < -0.4 is 0 Å². The Bertz CT molecular complexity index is 525. The smallest absolute Gasteiger partial charge is 0.0639 e. The summed E-state index contributed by atoms with van der Waals surface area (Å²) in [6.07, 6.45) is 8.81. The van der Waals surface area contributed by atoms with Gasteiger partial charge in [0.15, 0.2) is 0 Å². The van der Waals surface area contributed by atoms with Crippen LogP contribution >= 0.6 is 0 Å². The van der Waals surface area contributed by atoms with Crippen molar-refractivity contribution in [3.63, 3.8) is 0 Å². The van der Waals surface area contributed by atoms with E-state index < -0.39 is 0 Å². The molecule has 0 N–H and O–H groups in total. The SMILES string of the molecule is C=C(C)CC(=C)/C=C\C=N\Cc1cc(CC)cc(CC)c1. The van der Waals surface area contributed by atoms with Gasteiger partial charge in [0.2, 0.25) is 0 Å². The molecule has 0 aliphatic heterocycles. The van der Waals surface area contributed by atoms with Gasteiger partial charge in [-0.15, -0.1) is 0 Å². The molecule has 21 heavy (non-hydrogen) atoms. The van der Waals surface area contributed by atoms with Gasteiger partial charge in [0.1, 0.15) is 0 Å². The molecule has 1 heteroatoms. The molecular weight excluding hydrogens is 254 g/mol. The summed E-state index contributed by atoms with van der Waals surface area (Å²) in [7, 11) is 0. The van der Waals surface area contributed by atoms with Crippen LogP contribution in [0.5, 0.6) is 0 Å². The Labute approximate surface area is 129 Å². The third-order valence-corrected chi connectivity index (χ3v) is 3.25. The number of aliphatic imine (C=N–C) groups is 1. The van der Waals surface area contributed by atoms with Gasteiger partial charge in [-0.3, -0.25) is 4.99 Å². The van der Waals surface area contributed by atoms with Crippen molar-refractivity contribution in [3.05, 3.63) is 71.3 Å². The van der Waals surface area contributed by atoms with Gasteiger partial charge in [0.25, 0.3) is 0 Å². The predicted molar refractivity (Wildman–Crippen MR) is 95.1 cm³/mol. The summed E-state index contributed by atoms with van der Waals surface area (Å²) in [5, 5.41) is 0. The Hall–Kier alpha value is -1.89. The first kappa shape index (κ1) is 17.2. The van der Waals surface area contributed by atoms with E-state index in [9.17, 15) is 0 Å². The summed E-state index contributed by atoms with van der Waals surface area (Å²) in [5.41, 5.74) is 6.27. The molecule has 0 atom stereocenters. The van der Waals surface area contributed by atoms with E-state index >= 15 is 0 Å². The Morgan fingerprint density at radius 1 is 1.05 bits per heavy atom. The lowest BCUT2D eigenvalue weighted by Gasteiger charge is -2.05. The minimum absolute atomic E-state index is 0.734. The zero-order chi connectivity index (χ0) is 15.7. The molecule has 0 saturated carbocycles. The monoisotopic (exact) mass is 281 g/mol. The number of allylic oxidation sites excluding steroid dienone is 4. The van der Waals surface area contributed by atoms with Crippen molar-refractivity contribution in [1.29, 1.82) is 0 Å². The van der Waals surface area contributed by atoms with E-state index in [4.69, 9.17) is 0 Å². The molecule has 0 radical (unpaired) electrons. The molecular formula is C20H27N.